The van der Waals surface area contributed by atoms with Gasteiger partial charge < -0.3 is 10.4 Å². The molecule has 132 valence electrons. The van der Waals surface area contributed by atoms with Crippen molar-refractivity contribution >= 4 is 11.9 Å². The van der Waals surface area contributed by atoms with Crippen molar-refractivity contribution in [1.29, 1.82) is 0 Å². The Hall–Kier alpha value is -2.70. The second-order valence-electron chi connectivity index (χ2n) is 6.87. The van der Waals surface area contributed by atoms with Gasteiger partial charge in [0, 0.05) is 5.56 Å². The lowest BCUT2D eigenvalue weighted by Gasteiger charge is -2.36. The van der Waals surface area contributed by atoms with E-state index in [1.165, 1.54) is 6.33 Å². The fourth-order valence-electron chi connectivity index (χ4n) is 3.32. The molecule has 0 aliphatic heterocycles. The molecule has 1 saturated carbocycles. The molecule has 1 aliphatic carbocycles. The molecule has 7 nitrogen and oxygen atoms in total. The zero-order valence-corrected chi connectivity index (χ0v) is 14.4. The molecule has 0 radical (unpaired) electrons. The number of carbonyl (C=O) groups is 2. The zero-order chi connectivity index (χ0) is 18.0. The van der Waals surface area contributed by atoms with Crippen molar-refractivity contribution in [1.82, 2.24) is 20.1 Å². The van der Waals surface area contributed by atoms with Crippen LogP contribution < -0.4 is 5.32 Å². The molecule has 1 aromatic carbocycles. The van der Waals surface area contributed by atoms with Crippen molar-refractivity contribution in [3.63, 3.8) is 0 Å². The average Bonchev–Trinajstić information content (AvgIpc) is 3.11. The highest BCUT2D eigenvalue weighted by Gasteiger charge is 2.42. The van der Waals surface area contributed by atoms with Crippen LogP contribution in [0.1, 0.15) is 48.5 Å². The number of aliphatic carboxylic acids is 1. The number of nitrogens with zero attached hydrogens (tertiary/aromatic N) is 3. The summed E-state index contributed by atoms with van der Waals surface area (Å²) >= 11 is 0. The fraction of sp³-hybridized carbons (Fsp3) is 0.444. The van der Waals surface area contributed by atoms with Gasteiger partial charge in [-0.1, -0.05) is 6.92 Å². The van der Waals surface area contributed by atoms with E-state index in [2.05, 4.69) is 22.3 Å². The van der Waals surface area contributed by atoms with E-state index in [-0.39, 0.29) is 5.91 Å². The Kier molecular flexibility index (Phi) is 4.57. The molecule has 1 amide bonds. The molecule has 25 heavy (non-hydrogen) atoms. The van der Waals surface area contributed by atoms with Gasteiger partial charge in [0.15, 0.2) is 0 Å². The summed E-state index contributed by atoms with van der Waals surface area (Å²) in [5.74, 6) is -0.817. The first-order chi connectivity index (χ1) is 11.9. The lowest BCUT2D eigenvalue weighted by atomic mass is 9.77. The van der Waals surface area contributed by atoms with E-state index < -0.39 is 11.5 Å². The number of nitrogens with one attached hydrogen (secondary N) is 1. The van der Waals surface area contributed by atoms with Gasteiger partial charge in [-0.15, -0.1) is 0 Å². The van der Waals surface area contributed by atoms with E-state index in [0.29, 0.717) is 24.3 Å². The standard InChI is InChI=1S/C18H22N4O3/c1-12-5-7-18(8-6-12,17(24)25)21-16(23)14-3-4-15(13(2)9-14)22-11-19-10-20-22/h3-4,9-12H,5-8H2,1-2H3,(H,21,23)(H,24,25). The minimum absolute atomic E-state index is 0.356. The van der Waals surface area contributed by atoms with Crippen molar-refractivity contribution in [2.45, 2.75) is 45.1 Å². The molecule has 7 heteroatoms. The van der Waals surface area contributed by atoms with Crippen molar-refractivity contribution in [2.24, 2.45) is 5.92 Å². The first-order valence-corrected chi connectivity index (χ1v) is 8.43. The molecule has 1 heterocycles. The molecule has 1 aromatic heterocycles. The van der Waals surface area contributed by atoms with Crippen LogP contribution in [0, 0.1) is 12.8 Å². The molecule has 1 aliphatic rings. The Labute approximate surface area is 146 Å². The molecular formula is C18H22N4O3. The minimum Gasteiger partial charge on any atom is -0.480 e. The Bertz CT molecular complexity index is 778. The van der Waals surface area contributed by atoms with Crippen LogP contribution in [0.15, 0.2) is 30.9 Å². The molecule has 2 N–H and O–H groups in total. The van der Waals surface area contributed by atoms with Crippen LogP contribution in [-0.2, 0) is 4.79 Å². The molecule has 3 rings (SSSR count). The van der Waals surface area contributed by atoms with Crippen LogP contribution in [0.3, 0.4) is 0 Å². The highest BCUT2D eigenvalue weighted by molar-refractivity contribution is 5.98. The number of hydrogen-bond acceptors (Lipinski definition) is 4. The molecular weight excluding hydrogens is 320 g/mol. The van der Waals surface area contributed by atoms with Gasteiger partial charge in [0.25, 0.3) is 5.91 Å². The van der Waals surface area contributed by atoms with E-state index in [1.54, 1.807) is 29.2 Å². The number of rotatable bonds is 4. The predicted molar refractivity (Wildman–Crippen MR) is 91.6 cm³/mol. The highest BCUT2D eigenvalue weighted by atomic mass is 16.4. The monoisotopic (exact) mass is 342 g/mol. The number of benzene rings is 1. The SMILES string of the molecule is Cc1cc(C(=O)NC2(C(=O)O)CCC(C)CC2)ccc1-n1cncn1. The summed E-state index contributed by atoms with van der Waals surface area (Å²) < 4.78 is 1.62. The van der Waals surface area contributed by atoms with Gasteiger partial charge in [-0.05, 0) is 62.3 Å². The van der Waals surface area contributed by atoms with Gasteiger partial charge in [-0.25, -0.2) is 14.5 Å². The molecule has 2 aromatic rings. The number of hydrogen-bond donors (Lipinski definition) is 2. The molecule has 1 fully saturated rings. The predicted octanol–water partition coefficient (Wildman–Crippen LogP) is 2.34. The fourth-order valence-corrected chi connectivity index (χ4v) is 3.32. The van der Waals surface area contributed by atoms with Crippen LogP contribution >= 0.6 is 0 Å². The Balaban J connectivity index is 1.81. The molecule has 0 bridgehead atoms. The molecule has 0 unspecified atom stereocenters. The van der Waals surface area contributed by atoms with Gasteiger partial charge in [0.1, 0.15) is 18.2 Å². The number of aromatic nitrogens is 3. The first kappa shape index (κ1) is 17.1. The third-order valence-corrected chi connectivity index (χ3v) is 5.01. The Morgan fingerprint density at radius 2 is 2.04 bits per heavy atom. The van der Waals surface area contributed by atoms with Crippen molar-refractivity contribution in [3.8, 4) is 5.69 Å². The second-order valence-corrected chi connectivity index (χ2v) is 6.87. The maximum atomic E-state index is 12.6. The molecule has 0 saturated heterocycles. The second kappa shape index (κ2) is 6.66. The summed E-state index contributed by atoms with van der Waals surface area (Å²) in [6, 6.07) is 5.21. The van der Waals surface area contributed by atoms with E-state index >= 15 is 0 Å². The average molecular weight is 342 g/mol. The first-order valence-electron chi connectivity index (χ1n) is 8.43. The van der Waals surface area contributed by atoms with Crippen LogP contribution in [0.4, 0.5) is 0 Å². The summed E-state index contributed by atoms with van der Waals surface area (Å²) in [6.45, 7) is 3.99. The van der Waals surface area contributed by atoms with Crippen LogP contribution in [0.25, 0.3) is 5.69 Å². The summed E-state index contributed by atoms with van der Waals surface area (Å²) in [6.07, 6.45) is 5.57. The van der Waals surface area contributed by atoms with Crippen molar-refractivity contribution < 1.29 is 14.7 Å². The van der Waals surface area contributed by atoms with Gasteiger partial charge in [-0.3, -0.25) is 4.79 Å². The quantitative estimate of drug-likeness (QED) is 0.889. The molecule has 0 spiro atoms. The summed E-state index contributed by atoms with van der Waals surface area (Å²) in [4.78, 5) is 28.4. The van der Waals surface area contributed by atoms with Gasteiger partial charge in [0.05, 0.1) is 5.69 Å². The van der Waals surface area contributed by atoms with E-state index in [0.717, 1.165) is 24.1 Å². The number of aryl methyl sites for hydroxylation is 1. The lowest BCUT2D eigenvalue weighted by Crippen LogP contribution is -2.56. The topological polar surface area (TPSA) is 97.1 Å². The minimum atomic E-state index is -1.16. The van der Waals surface area contributed by atoms with E-state index in [9.17, 15) is 14.7 Å². The summed E-state index contributed by atoms with van der Waals surface area (Å²) in [7, 11) is 0. The van der Waals surface area contributed by atoms with E-state index in [1.807, 2.05) is 6.92 Å². The maximum absolute atomic E-state index is 12.6. The zero-order valence-electron chi connectivity index (χ0n) is 14.4. The van der Waals surface area contributed by atoms with Crippen molar-refractivity contribution in [3.05, 3.63) is 42.0 Å². The van der Waals surface area contributed by atoms with Crippen molar-refractivity contribution in [2.75, 3.05) is 0 Å². The summed E-state index contributed by atoms with van der Waals surface area (Å²) in [5.41, 5.74) is 0.969. The Morgan fingerprint density at radius 3 is 2.60 bits per heavy atom. The number of carboxylic acids is 1. The largest absolute Gasteiger partial charge is 0.480 e. The Morgan fingerprint density at radius 1 is 1.32 bits per heavy atom. The summed E-state index contributed by atoms with van der Waals surface area (Å²) in [5, 5.41) is 16.5. The van der Waals surface area contributed by atoms with Gasteiger partial charge >= 0.3 is 5.97 Å². The van der Waals surface area contributed by atoms with E-state index in [4.69, 9.17) is 0 Å². The maximum Gasteiger partial charge on any atom is 0.329 e. The van der Waals surface area contributed by atoms with Gasteiger partial charge in [-0.2, -0.15) is 5.10 Å². The third-order valence-electron chi connectivity index (χ3n) is 5.01. The number of amides is 1. The normalized spacial score (nSPS) is 23.2. The van der Waals surface area contributed by atoms with Crippen LogP contribution in [0.2, 0.25) is 0 Å². The smallest absolute Gasteiger partial charge is 0.329 e. The van der Waals surface area contributed by atoms with Crippen LogP contribution in [0.5, 0.6) is 0 Å². The number of carboxylic acid groups (broad SMARTS) is 1. The number of carbonyl (C=O) groups excluding carboxylic acids is 1. The van der Waals surface area contributed by atoms with Gasteiger partial charge in [0.2, 0.25) is 0 Å². The highest BCUT2D eigenvalue weighted by Crippen LogP contribution is 2.32. The molecule has 0 atom stereocenters. The third kappa shape index (κ3) is 3.40. The lowest BCUT2D eigenvalue weighted by molar-refractivity contribution is -0.146. The van der Waals surface area contributed by atoms with Crippen LogP contribution in [-0.4, -0.2) is 37.3 Å².